The summed E-state index contributed by atoms with van der Waals surface area (Å²) < 4.78 is 0. The summed E-state index contributed by atoms with van der Waals surface area (Å²) in [5.74, 6) is -1.51. The summed E-state index contributed by atoms with van der Waals surface area (Å²) in [6, 6.07) is 3.69. The number of carbonyl (C=O) groups excluding carboxylic acids is 3. The molecule has 184 valence electrons. The fourth-order valence-electron chi connectivity index (χ4n) is 3.93. The average Bonchev–Trinajstić information content (AvgIpc) is 3.60. The lowest BCUT2D eigenvalue weighted by atomic mass is 9.84. The molecule has 0 spiro atoms. The van der Waals surface area contributed by atoms with Gasteiger partial charge >= 0.3 is 5.82 Å². The molecule has 1 atom stereocenters. The molecule has 1 aliphatic rings. The summed E-state index contributed by atoms with van der Waals surface area (Å²) in [4.78, 5) is 47.1. The minimum atomic E-state index is -0.752. The standard InChI is InChI=1S/C20H24N10O5/c1-10(11-5-3-2-4-6-11)21-18(31)12-7-15(27-24-12)22-19(32)13-8-16(28-25-13)23-20(33)14-9-17(29-26-14)30(34)35/h7-11H,2-6H2,1H3,(H,21,31)(H,26,29)(H2,22,24,27,32)(H2,23,25,28,33)/t10-/m1/s1. The Bertz CT molecular complexity index is 1240. The highest BCUT2D eigenvalue weighted by Gasteiger charge is 2.23. The molecule has 35 heavy (non-hydrogen) atoms. The predicted octanol–water partition coefficient (Wildman–Crippen LogP) is 1.97. The first-order valence-corrected chi connectivity index (χ1v) is 11.0. The van der Waals surface area contributed by atoms with Crippen molar-refractivity contribution >= 4 is 35.2 Å². The van der Waals surface area contributed by atoms with E-state index in [1.807, 2.05) is 6.92 Å². The van der Waals surface area contributed by atoms with Gasteiger partial charge in [-0.2, -0.15) is 10.2 Å². The molecule has 15 nitrogen and oxygen atoms in total. The summed E-state index contributed by atoms with van der Waals surface area (Å²) >= 11 is 0. The molecule has 3 heterocycles. The molecular formula is C20H24N10O5. The van der Waals surface area contributed by atoms with Crippen LogP contribution in [-0.2, 0) is 0 Å². The van der Waals surface area contributed by atoms with E-state index in [4.69, 9.17) is 0 Å². The van der Waals surface area contributed by atoms with Crippen molar-refractivity contribution in [2.45, 2.75) is 45.1 Å². The van der Waals surface area contributed by atoms with Crippen molar-refractivity contribution < 1.29 is 19.3 Å². The maximum absolute atomic E-state index is 12.5. The van der Waals surface area contributed by atoms with Crippen molar-refractivity contribution in [2.24, 2.45) is 5.92 Å². The highest BCUT2D eigenvalue weighted by Crippen LogP contribution is 2.26. The van der Waals surface area contributed by atoms with Crippen molar-refractivity contribution in [3.8, 4) is 0 Å². The van der Waals surface area contributed by atoms with Crippen molar-refractivity contribution in [1.82, 2.24) is 35.9 Å². The normalized spacial score (nSPS) is 14.8. The van der Waals surface area contributed by atoms with E-state index >= 15 is 0 Å². The van der Waals surface area contributed by atoms with Gasteiger partial charge in [0.15, 0.2) is 17.3 Å². The molecule has 0 aliphatic heterocycles. The van der Waals surface area contributed by atoms with Gasteiger partial charge in [0.2, 0.25) is 0 Å². The van der Waals surface area contributed by atoms with Crippen LogP contribution in [0, 0.1) is 16.0 Å². The number of aromatic nitrogens is 6. The first-order valence-electron chi connectivity index (χ1n) is 11.0. The maximum Gasteiger partial charge on any atom is 0.343 e. The number of nitrogens with zero attached hydrogens (tertiary/aromatic N) is 4. The van der Waals surface area contributed by atoms with E-state index in [-0.39, 0.29) is 40.7 Å². The van der Waals surface area contributed by atoms with Crippen LogP contribution in [0.5, 0.6) is 0 Å². The molecule has 15 heteroatoms. The molecule has 0 saturated heterocycles. The van der Waals surface area contributed by atoms with E-state index in [2.05, 4.69) is 46.5 Å². The number of nitrogens with one attached hydrogen (secondary N) is 6. The van der Waals surface area contributed by atoms with Gasteiger partial charge in [0.25, 0.3) is 17.7 Å². The number of hydrogen-bond donors (Lipinski definition) is 6. The van der Waals surface area contributed by atoms with Crippen LogP contribution in [0.2, 0.25) is 0 Å². The molecule has 0 unspecified atom stereocenters. The Kier molecular flexibility index (Phi) is 6.84. The van der Waals surface area contributed by atoms with Crippen LogP contribution in [-0.4, -0.2) is 59.3 Å². The first kappa shape index (κ1) is 23.6. The zero-order valence-electron chi connectivity index (χ0n) is 18.8. The monoisotopic (exact) mass is 484 g/mol. The SMILES string of the molecule is C[C@@H](NC(=O)c1cc(NC(=O)c2cc(NC(=O)c3cc([N+](=O)[O-])[nH]n3)n[nH]2)n[nH]1)C1CCCCC1. The van der Waals surface area contributed by atoms with Crippen molar-refractivity contribution in [3.63, 3.8) is 0 Å². The predicted molar refractivity (Wildman–Crippen MR) is 122 cm³/mol. The number of aromatic amines is 3. The smallest absolute Gasteiger partial charge is 0.343 e. The van der Waals surface area contributed by atoms with Gasteiger partial charge in [-0.05, 0) is 30.6 Å². The second-order valence-electron chi connectivity index (χ2n) is 8.30. The van der Waals surface area contributed by atoms with E-state index < -0.39 is 22.6 Å². The number of hydrogen-bond acceptors (Lipinski definition) is 8. The Morgan fingerprint density at radius 1 is 0.914 bits per heavy atom. The Balaban J connectivity index is 1.31. The number of amides is 3. The molecule has 0 aromatic carbocycles. The first-order chi connectivity index (χ1) is 16.8. The van der Waals surface area contributed by atoms with Gasteiger partial charge in [0.05, 0.1) is 6.07 Å². The van der Waals surface area contributed by atoms with Crippen LogP contribution >= 0.6 is 0 Å². The fraction of sp³-hybridized carbons (Fsp3) is 0.400. The summed E-state index contributed by atoms with van der Waals surface area (Å²) in [5, 5.41) is 37.1. The van der Waals surface area contributed by atoms with Crippen LogP contribution in [0.1, 0.15) is 70.5 Å². The van der Waals surface area contributed by atoms with E-state index in [0.29, 0.717) is 5.92 Å². The number of nitro groups is 1. The third-order valence-electron chi connectivity index (χ3n) is 5.84. The van der Waals surface area contributed by atoms with Gasteiger partial charge in [-0.1, -0.05) is 24.4 Å². The average molecular weight is 484 g/mol. The van der Waals surface area contributed by atoms with Crippen molar-refractivity contribution in [1.29, 1.82) is 0 Å². The van der Waals surface area contributed by atoms with E-state index in [1.165, 1.54) is 31.4 Å². The molecule has 4 rings (SSSR count). The summed E-state index contributed by atoms with van der Waals surface area (Å²) in [7, 11) is 0. The third-order valence-corrected chi connectivity index (χ3v) is 5.84. The molecule has 3 aromatic heterocycles. The van der Waals surface area contributed by atoms with Gasteiger partial charge in [-0.15, -0.1) is 5.10 Å². The summed E-state index contributed by atoms with van der Waals surface area (Å²) in [5.41, 5.74) is 0.00712. The number of carbonyl (C=O) groups is 3. The molecule has 6 N–H and O–H groups in total. The van der Waals surface area contributed by atoms with Crippen LogP contribution in [0.4, 0.5) is 17.5 Å². The van der Waals surface area contributed by atoms with Gasteiger partial charge in [-0.25, -0.2) is 0 Å². The zero-order chi connectivity index (χ0) is 24.9. The zero-order valence-corrected chi connectivity index (χ0v) is 18.8. The third kappa shape index (κ3) is 5.69. The Labute approximate surface area is 198 Å². The molecule has 3 amide bonds. The molecular weight excluding hydrogens is 460 g/mol. The minimum Gasteiger partial charge on any atom is -0.358 e. The highest BCUT2D eigenvalue weighted by atomic mass is 16.6. The quantitative estimate of drug-likeness (QED) is 0.205. The molecule has 0 bridgehead atoms. The molecule has 0 radical (unpaired) electrons. The number of anilines is 2. The van der Waals surface area contributed by atoms with Gasteiger partial charge in [-0.3, -0.25) is 24.6 Å². The van der Waals surface area contributed by atoms with Gasteiger partial charge in [0, 0.05) is 18.2 Å². The number of H-pyrrole nitrogens is 3. The summed E-state index contributed by atoms with van der Waals surface area (Å²) in [6.45, 7) is 1.99. The second-order valence-corrected chi connectivity index (χ2v) is 8.30. The molecule has 1 saturated carbocycles. The lowest BCUT2D eigenvalue weighted by molar-refractivity contribution is -0.389. The van der Waals surface area contributed by atoms with Crippen molar-refractivity contribution in [2.75, 3.05) is 10.6 Å². The fourth-order valence-corrected chi connectivity index (χ4v) is 3.93. The molecule has 3 aromatic rings. The Morgan fingerprint density at radius 2 is 1.51 bits per heavy atom. The van der Waals surface area contributed by atoms with E-state index in [9.17, 15) is 24.5 Å². The highest BCUT2D eigenvalue weighted by molar-refractivity contribution is 6.05. The van der Waals surface area contributed by atoms with Crippen LogP contribution in [0.3, 0.4) is 0 Å². The lowest BCUT2D eigenvalue weighted by Gasteiger charge is -2.28. The van der Waals surface area contributed by atoms with Crippen LogP contribution < -0.4 is 16.0 Å². The van der Waals surface area contributed by atoms with Crippen LogP contribution in [0.15, 0.2) is 18.2 Å². The lowest BCUT2D eigenvalue weighted by Crippen LogP contribution is -2.39. The summed E-state index contributed by atoms with van der Waals surface area (Å²) in [6.07, 6.45) is 5.78. The Morgan fingerprint density at radius 3 is 2.11 bits per heavy atom. The maximum atomic E-state index is 12.5. The topological polar surface area (TPSA) is 216 Å². The molecule has 1 aliphatic carbocycles. The van der Waals surface area contributed by atoms with E-state index in [1.54, 1.807) is 0 Å². The minimum absolute atomic E-state index is 0.00426. The number of rotatable bonds is 8. The van der Waals surface area contributed by atoms with Crippen LogP contribution in [0.25, 0.3) is 0 Å². The second kappa shape index (κ2) is 10.1. The van der Waals surface area contributed by atoms with E-state index in [0.717, 1.165) is 18.9 Å². The van der Waals surface area contributed by atoms with Gasteiger partial charge < -0.3 is 26.1 Å². The largest absolute Gasteiger partial charge is 0.358 e. The van der Waals surface area contributed by atoms with Gasteiger partial charge in [0.1, 0.15) is 11.4 Å². The Hall–Kier alpha value is -4.56. The molecule has 1 fully saturated rings. The van der Waals surface area contributed by atoms with Crippen molar-refractivity contribution in [3.05, 3.63) is 45.4 Å².